The Hall–Kier alpha value is -1.86. The van der Waals surface area contributed by atoms with E-state index in [0.29, 0.717) is 25.6 Å². The van der Waals surface area contributed by atoms with Crippen molar-refractivity contribution >= 4 is 11.6 Å². The number of nitrogens with one attached hydrogen (secondary N) is 1. The first kappa shape index (κ1) is 12.6. The molecule has 0 saturated heterocycles. The van der Waals surface area contributed by atoms with Crippen molar-refractivity contribution in [1.82, 2.24) is 4.90 Å². The lowest BCUT2D eigenvalue weighted by atomic mass is 10.3. The summed E-state index contributed by atoms with van der Waals surface area (Å²) in [6.45, 7) is 1.06. The summed E-state index contributed by atoms with van der Waals surface area (Å²) in [4.78, 5) is 14.0. The van der Waals surface area contributed by atoms with E-state index in [0.717, 1.165) is 18.5 Å². The Bertz CT molecular complexity index is 434. The maximum absolute atomic E-state index is 11.9. The summed E-state index contributed by atoms with van der Waals surface area (Å²) in [6, 6.07) is 12.1. The van der Waals surface area contributed by atoms with Crippen LogP contribution in [0.4, 0.5) is 5.69 Å². The van der Waals surface area contributed by atoms with Crippen LogP contribution in [0.25, 0.3) is 0 Å². The molecule has 1 N–H and O–H groups in total. The van der Waals surface area contributed by atoms with Gasteiger partial charge in [-0.1, -0.05) is 18.2 Å². The minimum atomic E-state index is -0.00830. The zero-order valence-corrected chi connectivity index (χ0v) is 10.3. The second-order valence-electron chi connectivity index (χ2n) is 4.52. The SMILES string of the molecule is N#CCCN(CC(=O)Nc1ccccc1)C1CC1. The van der Waals surface area contributed by atoms with Crippen LogP contribution < -0.4 is 5.32 Å². The number of amides is 1. The van der Waals surface area contributed by atoms with Crippen molar-refractivity contribution in [3.05, 3.63) is 30.3 Å². The van der Waals surface area contributed by atoms with Crippen LogP contribution in [-0.2, 0) is 4.79 Å². The normalized spacial score (nSPS) is 14.2. The second kappa shape index (κ2) is 6.18. The van der Waals surface area contributed by atoms with Gasteiger partial charge in [0.15, 0.2) is 0 Å². The monoisotopic (exact) mass is 243 g/mol. The molecule has 0 atom stereocenters. The third-order valence-corrected chi connectivity index (χ3v) is 2.98. The molecule has 1 aliphatic carbocycles. The molecule has 1 aliphatic rings. The summed E-state index contributed by atoms with van der Waals surface area (Å²) in [6.07, 6.45) is 2.77. The second-order valence-corrected chi connectivity index (χ2v) is 4.52. The molecule has 4 nitrogen and oxygen atoms in total. The molecule has 0 aliphatic heterocycles. The van der Waals surface area contributed by atoms with Crippen LogP contribution in [-0.4, -0.2) is 29.9 Å². The molecule has 0 aromatic heterocycles. The summed E-state index contributed by atoms with van der Waals surface area (Å²) in [5.74, 6) is -0.00830. The fourth-order valence-corrected chi connectivity index (χ4v) is 1.93. The molecule has 0 bridgehead atoms. The van der Waals surface area contributed by atoms with Gasteiger partial charge in [0.05, 0.1) is 12.6 Å². The average Bonchev–Trinajstić information content (AvgIpc) is 3.20. The Labute approximate surface area is 107 Å². The molecule has 0 heterocycles. The molecule has 0 unspecified atom stereocenters. The molecule has 94 valence electrons. The fourth-order valence-electron chi connectivity index (χ4n) is 1.93. The van der Waals surface area contributed by atoms with Gasteiger partial charge in [-0.15, -0.1) is 0 Å². The van der Waals surface area contributed by atoms with E-state index in [-0.39, 0.29) is 5.91 Å². The summed E-state index contributed by atoms with van der Waals surface area (Å²) < 4.78 is 0. The molecule has 2 rings (SSSR count). The Morgan fingerprint density at radius 1 is 1.39 bits per heavy atom. The largest absolute Gasteiger partial charge is 0.325 e. The number of anilines is 1. The van der Waals surface area contributed by atoms with E-state index in [9.17, 15) is 4.79 Å². The minimum absolute atomic E-state index is 0.00830. The number of nitriles is 1. The van der Waals surface area contributed by atoms with Crippen molar-refractivity contribution in [3.8, 4) is 6.07 Å². The number of carbonyl (C=O) groups is 1. The molecular weight excluding hydrogens is 226 g/mol. The molecular formula is C14H17N3O. The predicted molar refractivity (Wildman–Crippen MR) is 69.9 cm³/mol. The van der Waals surface area contributed by atoms with Crippen molar-refractivity contribution < 1.29 is 4.79 Å². The summed E-state index contributed by atoms with van der Waals surface area (Å²) in [5.41, 5.74) is 0.818. The van der Waals surface area contributed by atoms with Gasteiger partial charge < -0.3 is 5.32 Å². The van der Waals surface area contributed by atoms with Crippen LogP contribution >= 0.6 is 0 Å². The van der Waals surface area contributed by atoms with Gasteiger partial charge in [-0.05, 0) is 25.0 Å². The van der Waals surface area contributed by atoms with E-state index in [1.807, 2.05) is 30.3 Å². The molecule has 1 saturated carbocycles. The van der Waals surface area contributed by atoms with E-state index in [2.05, 4.69) is 16.3 Å². The first-order chi connectivity index (χ1) is 8.79. The highest BCUT2D eigenvalue weighted by atomic mass is 16.2. The topological polar surface area (TPSA) is 56.1 Å². The van der Waals surface area contributed by atoms with Crippen LogP contribution in [0.3, 0.4) is 0 Å². The lowest BCUT2D eigenvalue weighted by molar-refractivity contribution is -0.117. The molecule has 4 heteroatoms. The zero-order valence-electron chi connectivity index (χ0n) is 10.3. The fraction of sp³-hybridized carbons (Fsp3) is 0.429. The van der Waals surface area contributed by atoms with Gasteiger partial charge in [0.1, 0.15) is 0 Å². The van der Waals surface area contributed by atoms with Crippen molar-refractivity contribution in [1.29, 1.82) is 5.26 Å². The first-order valence-electron chi connectivity index (χ1n) is 6.25. The van der Waals surface area contributed by atoms with E-state index in [4.69, 9.17) is 5.26 Å². The Balaban J connectivity index is 1.83. The van der Waals surface area contributed by atoms with Gasteiger partial charge >= 0.3 is 0 Å². The van der Waals surface area contributed by atoms with Crippen LogP contribution in [0.1, 0.15) is 19.3 Å². The van der Waals surface area contributed by atoms with E-state index < -0.39 is 0 Å². The Kier molecular flexibility index (Phi) is 4.32. The van der Waals surface area contributed by atoms with Gasteiger partial charge in [0.2, 0.25) is 5.91 Å². The van der Waals surface area contributed by atoms with Gasteiger partial charge in [0, 0.05) is 24.7 Å². The zero-order chi connectivity index (χ0) is 12.8. The lowest BCUT2D eigenvalue weighted by Gasteiger charge is -2.19. The van der Waals surface area contributed by atoms with Gasteiger partial charge in [0.25, 0.3) is 0 Å². The van der Waals surface area contributed by atoms with Crippen LogP contribution in [0.15, 0.2) is 30.3 Å². The quantitative estimate of drug-likeness (QED) is 0.831. The van der Waals surface area contributed by atoms with Crippen molar-refractivity contribution in [3.63, 3.8) is 0 Å². The third-order valence-electron chi connectivity index (χ3n) is 2.98. The molecule has 0 spiro atoms. The standard InChI is InChI=1S/C14H17N3O/c15-9-4-10-17(13-7-8-13)11-14(18)16-12-5-2-1-3-6-12/h1-3,5-6,13H,4,7-8,10-11H2,(H,16,18). The van der Waals surface area contributed by atoms with Crippen LogP contribution in [0, 0.1) is 11.3 Å². The van der Waals surface area contributed by atoms with Gasteiger partial charge in [-0.3, -0.25) is 9.69 Å². The van der Waals surface area contributed by atoms with E-state index >= 15 is 0 Å². The number of hydrogen-bond acceptors (Lipinski definition) is 3. The summed E-state index contributed by atoms with van der Waals surface area (Å²) >= 11 is 0. The summed E-state index contributed by atoms with van der Waals surface area (Å²) in [7, 11) is 0. The minimum Gasteiger partial charge on any atom is -0.325 e. The van der Waals surface area contributed by atoms with Crippen LogP contribution in [0.5, 0.6) is 0 Å². The van der Waals surface area contributed by atoms with Crippen LogP contribution in [0.2, 0.25) is 0 Å². The number of carbonyl (C=O) groups excluding carboxylic acids is 1. The molecule has 1 fully saturated rings. The number of hydrogen-bond donors (Lipinski definition) is 1. The molecule has 1 amide bonds. The highest BCUT2D eigenvalue weighted by Gasteiger charge is 2.29. The van der Waals surface area contributed by atoms with Gasteiger partial charge in [-0.2, -0.15) is 5.26 Å². The number of nitrogens with zero attached hydrogens (tertiary/aromatic N) is 2. The lowest BCUT2D eigenvalue weighted by Crippen LogP contribution is -2.35. The molecule has 1 aromatic carbocycles. The van der Waals surface area contributed by atoms with Crippen molar-refractivity contribution in [2.75, 3.05) is 18.4 Å². The summed E-state index contributed by atoms with van der Waals surface area (Å²) in [5, 5.41) is 11.5. The Morgan fingerprint density at radius 2 is 2.11 bits per heavy atom. The smallest absolute Gasteiger partial charge is 0.238 e. The molecule has 1 aromatic rings. The van der Waals surface area contributed by atoms with E-state index in [1.165, 1.54) is 0 Å². The van der Waals surface area contributed by atoms with Gasteiger partial charge in [-0.25, -0.2) is 0 Å². The third kappa shape index (κ3) is 3.86. The van der Waals surface area contributed by atoms with Crippen molar-refractivity contribution in [2.45, 2.75) is 25.3 Å². The predicted octanol–water partition coefficient (Wildman–Crippen LogP) is 2.00. The highest BCUT2D eigenvalue weighted by molar-refractivity contribution is 5.92. The first-order valence-corrected chi connectivity index (χ1v) is 6.25. The van der Waals surface area contributed by atoms with Crippen molar-refractivity contribution in [2.24, 2.45) is 0 Å². The number of benzene rings is 1. The highest BCUT2D eigenvalue weighted by Crippen LogP contribution is 2.26. The maximum atomic E-state index is 11.9. The number of para-hydroxylation sites is 1. The molecule has 0 radical (unpaired) electrons. The van der Waals surface area contributed by atoms with E-state index in [1.54, 1.807) is 0 Å². The maximum Gasteiger partial charge on any atom is 0.238 e. The molecule has 18 heavy (non-hydrogen) atoms. The average molecular weight is 243 g/mol. The Morgan fingerprint density at radius 3 is 2.72 bits per heavy atom. The number of rotatable bonds is 6.